The van der Waals surface area contributed by atoms with Crippen LogP contribution in [-0.4, -0.2) is 5.11 Å². The van der Waals surface area contributed by atoms with Gasteiger partial charge in [-0.3, -0.25) is 0 Å². The Morgan fingerprint density at radius 1 is 1.00 bits per heavy atom. The lowest BCUT2D eigenvalue weighted by molar-refractivity contribution is 0.475. The molecule has 0 fully saturated rings. The molecule has 0 radical (unpaired) electrons. The van der Waals surface area contributed by atoms with Crippen LogP contribution in [0.3, 0.4) is 0 Å². The number of rotatable bonds is 1. The first-order valence-electron chi connectivity index (χ1n) is 4.11. The molecule has 2 heteroatoms. The van der Waals surface area contributed by atoms with Crippen LogP contribution in [0, 0.1) is 6.92 Å². The summed E-state index contributed by atoms with van der Waals surface area (Å²) in [7, 11) is 0. The van der Waals surface area contributed by atoms with E-state index in [4.69, 9.17) is 9.52 Å². The molecule has 2 aromatic rings. The third kappa shape index (κ3) is 1.56. The molecule has 66 valence electrons. The van der Waals surface area contributed by atoms with Crippen molar-refractivity contribution >= 4 is 0 Å². The number of furan rings is 1. The van der Waals surface area contributed by atoms with E-state index >= 15 is 0 Å². The molecule has 1 aromatic carbocycles. The van der Waals surface area contributed by atoms with Crippen molar-refractivity contribution in [3.8, 4) is 17.1 Å². The van der Waals surface area contributed by atoms with Gasteiger partial charge < -0.3 is 9.52 Å². The summed E-state index contributed by atoms with van der Waals surface area (Å²) in [6.07, 6.45) is 0. The molecule has 0 saturated carbocycles. The molecule has 1 heterocycles. The van der Waals surface area contributed by atoms with E-state index in [9.17, 15) is 0 Å². The molecule has 0 amide bonds. The predicted molar refractivity (Wildman–Crippen MR) is 50.5 cm³/mol. The van der Waals surface area contributed by atoms with Crippen LogP contribution in [0.15, 0.2) is 40.8 Å². The minimum atomic E-state index is 0.270. The Balaban J connectivity index is 2.41. The summed E-state index contributed by atoms with van der Waals surface area (Å²) in [5.41, 5.74) is 0.978. The summed E-state index contributed by atoms with van der Waals surface area (Å²) in [6.45, 7) is 1.91. The molecule has 0 unspecified atom stereocenters. The number of benzene rings is 1. The van der Waals surface area contributed by atoms with Crippen LogP contribution in [0.2, 0.25) is 0 Å². The van der Waals surface area contributed by atoms with Crippen molar-refractivity contribution in [1.29, 1.82) is 0 Å². The van der Waals surface area contributed by atoms with Crippen molar-refractivity contribution in [1.82, 2.24) is 0 Å². The maximum absolute atomic E-state index is 9.08. The Hall–Kier alpha value is -1.70. The Kier molecular flexibility index (Phi) is 1.81. The zero-order valence-electron chi connectivity index (χ0n) is 7.32. The van der Waals surface area contributed by atoms with E-state index in [1.807, 2.05) is 31.2 Å². The standard InChI is InChI=1S/C11H10O2/c1-8-2-7-11(13-8)9-3-5-10(12)6-4-9/h2-7,12H,1H3. The molecule has 0 aliphatic rings. The van der Waals surface area contributed by atoms with Crippen LogP contribution in [0.5, 0.6) is 5.75 Å². The fraction of sp³-hybridized carbons (Fsp3) is 0.0909. The average molecular weight is 174 g/mol. The van der Waals surface area contributed by atoms with E-state index < -0.39 is 0 Å². The van der Waals surface area contributed by atoms with Gasteiger partial charge in [0.25, 0.3) is 0 Å². The fourth-order valence-electron chi connectivity index (χ4n) is 1.22. The lowest BCUT2D eigenvalue weighted by Gasteiger charge is -1.96. The largest absolute Gasteiger partial charge is 0.508 e. The van der Waals surface area contributed by atoms with E-state index in [2.05, 4.69) is 0 Å². The second-order valence-electron chi connectivity index (χ2n) is 2.96. The highest BCUT2D eigenvalue weighted by molar-refractivity contribution is 5.58. The number of hydrogen-bond acceptors (Lipinski definition) is 2. The number of phenolic OH excluding ortho intramolecular Hbond substituents is 1. The molecule has 0 saturated heterocycles. The average Bonchev–Trinajstić information content (AvgIpc) is 2.53. The van der Waals surface area contributed by atoms with Gasteiger partial charge in [0.2, 0.25) is 0 Å². The van der Waals surface area contributed by atoms with Crippen molar-refractivity contribution in [2.24, 2.45) is 0 Å². The van der Waals surface area contributed by atoms with Gasteiger partial charge in [-0.15, -0.1) is 0 Å². The minimum absolute atomic E-state index is 0.270. The van der Waals surface area contributed by atoms with Gasteiger partial charge in [0.1, 0.15) is 17.3 Å². The van der Waals surface area contributed by atoms with Gasteiger partial charge in [-0.05, 0) is 43.3 Å². The number of phenols is 1. The lowest BCUT2D eigenvalue weighted by Crippen LogP contribution is -1.71. The summed E-state index contributed by atoms with van der Waals surface area (Å²) in [6, 6.07) is 10.8. The first-order chi connectivity index (χ1) is 6.25. The van der Waals surface area contributed by atoms with Gasteiger partial charge in [-0.1, -0.05) is 0 Å². The molecule has 2 rings (SSSR count). The molecule has 0 atom stereocenters. The molecule has 2 nitrogen and oxygen atoms in total. The normalized spacial score (nSPS) is 10.2. The van der Waals surface area contributed by atoms with Crippen LogP contribution in [0.25, 0.3) is 11.3 Å². The highest BCUT2D eigenvalue weighted by atomic mass is 16.3. The predicted octanol–water partition coefficient (Wildman–Crippen LogP) is 2.96. The van der Waals surface area contributed by atoms with Gasteiger partial charge in [0.05, 0.1) is 0 Å². The summed E-state index contributed by atoms with van der Waals surface area (Å²) in [5, 5.41) is 9.08. The molecule has 0 bridgehead atoms. The minimum Gasteiger partial charge on any atom is -0.508 e. The second-order valence-corrected chi connectivity index (χ2v) is 2.96. The summed E-state index contributed by atoms with van der Waals surface area (Å²) < 4.78 is 5.43. The molecule has 0 aliphatic carbocycles. The Labute approximate surface area is 76.4 Å². The van der Waals surface area contributed by atoms with Crippen LogP contribution >= 0.6 is 0 Å². The summed E-state index contributed by atoms with van der Waals surface area (Å²) in [4.78, 5) is 0. The smallest absolute Gasteiger partial charge is 0.134 e. The van der Waals surface area contributed by atoms with Crippen LogP contribution in [-0.2, 0) is 0 Å². The number of aromatic hydroxyl groups is 1. The third-order valence-corrected chi connectivity index (χ3v) is 1.89. The highest BCUT2D eigenvalue weighted by Gasteiger charge is 2.01. The van der Waals surface area contributed by atoms with Crippen molar-refractivity contribution in [3.63, 3.8) is 0 Å². The van der Waals surface area contributed by atoms with Crippen molar-refractivity contribution in [3.05, 3.63) is 42.2 Å². The van der Waals surface area contributed by atoms with Gasteiger partial charge in [0, 0.05) is 5.56 Å². The Morgan fingerprint density at radius 2 is 1.69 bits per heavy atom. The molecule has 13 heavy (non-hydrogen) atoms. The van der Waals surface area contributed by atoms with Crippen molar-refractivity contribution in [2.75, 3.05) is 0 Å². The molecule has 1 aromatic heterocycles. The van der Waals surface area contributed by atoms with Gasteiger partial charge in [0.15, 0.2) is 0 Å². The molecule has 0 spiro atoms. The Bertz CT molecular complexity index is 398. The second kappa shape index (κ2) is 2.98. The van der Waals surface area contributed by atoms with Crippen LogP contribution < -0.4 is 0 Å². The van der Waals surface area contributed by atoms with E-state index in [-0.39, 0.29) is 5.75 Å². The first kappa shape index (κ1) is 7.92. The zero-order valence-corrected chi connectivity index (χ0v) is 7.32. The zero-order chi connectivity index (χ0) is 9.26. The quantitative estimate of drug-likeness (QED) is 0.721. The van der Waals surface area contributed by atoms with Crippen LogP contribution in [0.4, 0.5) is 0 Å². The van der Waals surface area contributed by atoms with Gasteiger partial charge in [-0.2, -0.15) is 0 Å². The molecular weight excluding hydrogens is 164 g/mol. The third-order valence-electron chi connectivity index (χ3n) is 1.89. The maximum Gasteiger partial charge on any atom is 0.134 e. The van der Waals surface area contributed by atoms with Crippen LogP contribution in [0.1, 0.15) is 5.76 Å². The lowest BCUT2D eigenvalue weighted by atomic mass is 10.2. The summed E-state index contributed by atoms with van der Waals surface area (Å²) >= 11 is 0. The van der Waals surface area contributed by atoms with E-state index in [0.717, 1.165) is 17.1 Å². The molecular formula is C11H10O2. The number of aryl methyl sites for hydroxylation is 1. The Morgan fingerprint density at radius 3 is 2.23 bits per heavy atom. The molecule has 0 aliphatic heterocycles. The SMILES string of the molecule is Cc1ccc(-c2ccc(O)cc2)o1. The molecule has 1 N–H and O–H groups in total. The van der Waals surface area contributed by atoms with E-state index in [0.29, 0.717) is 0 Å². The van der Waals surface area contributed by atoms with E-state index in [1.165, 1.54) is 0 Å². The fourth-order valence-corrected chi connectivity index (χ4v) is 1.22. The van der Waals surface area contributed by atoms with Gasteiger partial charge >= 0.3 is 0 Å². The van der Waals surface area contributed by atoms with Gasteiger partial charge in [-0.25, -0.2) is 0 Å². The maximum atomic E-state index is 9.08. The van der Waals surface area contributed by atoms with Crippen molar-refractivity contribution < 1.29 is 9.52 Å². The number of hydrogen-bond donors (Lipinski definition) is 1. The topological polar surface area (TPSA) is 33.4 Å². The van der Waals surface area contributed by atoms with Crippen molar-refractivity contribution in [2.45, 2.75) is 6.92 Å². The summed E-state index contributed by atoms with van der Waals surface area (Å²) in [5.74, 6) is 1.99. The van der Waals surface area contributed by atoms with E-state index in [1.54, 1.807) is 12.1 Å². The highest BCUT2D eigenvalue weighted by Crippen LogP contribution is 2.23. The monoisotopic (exact) mass is 174 g/mol. The first-order valence-corrected chi connectivity index (χ1v) is 4.11.